The molecule has 0 bridgehead atoms. The minimum atomic E-state index is -0.454. The van der Waals surface area contributed by atoms with E-state index in [1.165, 1.54) is 0 Å². The molecule has 1 aliphatic heterocycles. The van der Waals surface area contributed by atoms with Crippen molar-refractivity contribution in [1.82, 2.24) is 15.1 Å². The average Bonchev–Trinajstić information content (AvgIpc) is 3.10. The van der Waals surface area contributed by atoms with Crippen LogP contribution in [-0.4, -0.2) is 35.1 Å². The number of nitrogens with one attached hydrogen (secondary N) is 1. The maximum atomic E-state index is 12.0. The predicted octanol–water partition coefficient (Wildman–Crippen LogP) is 3.12. The highest BCUT2D eigenvalue weighted by atomic mass is 16.6. The van der Waals surface area contributed by atoms with Crippen LogP contribution in [0.1, 0.15) is 12.5 Å². The lowest BCUT2D eigenvalue weighted by atomic mass is 10.2. The highest BCUT2D eigenvalue weighted by Gasteiger charge is 2.20. The zero-order valence-electron chi connectivity index (χ0n) is 15.1. The van der Waals surface area contributed by atoms with E-state index in [1.807, 2.05) is 54.1 Å². The molecule has 0 radical (unpaired) electrons. The lowest BCUT2D eigenvalue weighted by molar-refractivity contribution is 0.135. The van der Waals surface area contributed by atoms with Crippen LogP contribution >= 0.6 is 0 Å². The van der Waals surface area contributed by atoms with Crippen LogP contribution in [0.15, 0.2) is 48.7 Å². The fraction of sp³-hybridized carbons (Fsp3) is 0.300. The molecule has 0 saturated heterocycles. The maximum Gasteiger partial charge on any atom is 0.407 e. The second-order valence-corrected chi connectivity index (χ2v) is 6.46. The number of hydrogen-bond donors (Lipinski definition) is 1. The number of fused-ring (bicyclic) bond motifs is 3. The van der Waals surface area contributed by atoms with Crippen molar-refractivity contribution in [3.8, 4) is 11.5 Å². The third-order valence-electron chi connectivity index (χ3n) is 4.33. The van der Waals surface area contributed by atoms with Crippen molar-refractivity contribution in [2.45, 2.75) is 26.1 Å². The molecule has 2 heterocycles. The van der Waals surface area contributed by atoms with Crippen molar-refractivity contribution >= 4 is 17.0 Å². The van der Waals surface area contributed by atoms with Gasteiger partial charge in [-0.15, -0.1) is 0 Å². The summed E-state index contributed by atoms with van der Waals surface area (Å²) in [5, 5.41) is 8.24. The summed E-state index contributed by atoms with van der Waals surface area (Å²) in [5.41, 5.74) is 1.82. The molecule has 2 aromatic carbocycles. The number of hydrogen-bond acceptors (Lipinski definition) is 5. The number of amides is 1. The van der Waals surface area contributed by atoms with Crippen molar-refractivity contribution in [2.75, 3.05) is 13.2 Å². The van der Waals surface area contributed by atoms with Gasteiger partial charge in [0.2, 0.25) is 0 Å². The van der Waals surface area contributed by atoms with Gasteiger partial charge in [-0.3, -0.25) is 4.68 Å². The Balaban J connectivity index is 1.41. The topological polar surface area (TPSA) is 74.6 Å². The minimum absolute atomic E-state index is 0.170. The molecule has 140 valence electrons. The molecule has 4 rings (SSSR count). The van der Waals surface area contributed by atoms with Gasteiger partial charge < -0.3 is 19.5 Å². The summed E-state index contributed by atoms with van der Waals surface area (Å²) in [6.07, 6.45) is 1.33. The molecular weight excluding hydrogens is 346 g/mol. The molecule has 1 N–H and O–H groups in total. The summed E-state index contributed by atoms with van der Waals surface area (Å²) in [4.78, 5) is 12.0. The third kappa shape index (κ3) is 3.81. The van der Waals surface area contributed by atoms with Crippen LogP contribution < -0.4 is 14.8 Å². The van der Waals surface area contributed by atoms with Crippen LogP contribution in [0, 0.1) is 0 Å². The lowest BCUT2D eigenvalue weighted by Gasteiger charge is -2.20. The smallest absolute Gasteiger partial charge is 0.407 e. The van der Waals surface area contributed by atoms with Crippen LogP contribution in [-0.2, 0) is 17.9 Å². The summed E-state index contributed by atoms with van der Waals surface area (Å²) in [6.45, 7) is 3.69. The minimum Gasteiger partial charge on any atom is -0.486 e. The molecule has 1 amide bonds. The molecule has 27 heavy (non-hydrogen) atoms. The van der Waals surface area contributed by atoms with Crippen molar-refractivity contribution in [3.05, 3.63) is 54.2 Å². The Morgan fingerprint density at radius 1 is 1.22 bits per heavy atom. The molecule has 0 saturated carbocycles. The molecule has 0 fully saturated rings. The Bertz CT molecular complexity index is 939. The van der Waals surface area contributed by atoms with E-state index in [0.717, 1.165) is 22.2 Å². The Morgan fingerprint density at radius 2 is 2.04 bits per heavy atom. The van der Waals surface area contributed by atoms with Gasteiger partial charge in [-0.1, -0.05) is 30.3 Å². The first kappa shape index (κ1) is 17.2. The van der Waals surface area contributed by atoms with Crippen LogP contribution in [0.2, 0.25) is 0 Å². The molecule has 7 nitrogen and oxygen atoms in total. The number of alkyl carbamates (subject to hydrolysis) is 1. The molecule has 7 heteroatoms. The van der Waals surface area contributed by atoms with Crippen molar-refractivity contribution in [3.63, 3.8) is 0 Å². The van der Waals surface area contributed by atoms with E-state index in [0.29, 0.717) is 25.5 Å². The van der Waals surface area contributed by atoms with E-state index in [2.05, 4.69) is 10.4 Å². The fourth-order valence-corrected chi connectivity index (χ4v) is 3.09. The van der Waals surface area contributed by atoms with E-state index >= 15 is 0 Å². The first-order valence-corrected chi connectivity index (χ1v) is 8.92. The second kappa shape index (κ2) is 7.57. The highest BCUT2D eigenvalue weighted by Crippen LogP contribution is 2.37. The SMILES string of the molecule is CC(Cn1ncc2ccc3c(c21)OCCO3)NC(=O)OCc1ccccc1. The molecule has 3 aromatic rings. The first-order chi connectivity index (χ1) is 13.2. The summed E-state index contributed by atoms with van der Waals surface area (Å²) < 4.78 is 18.5. The van der Waals surface area contributed by atoms with E-state index in [9.17, 15) is 4.79 Å². The molecule has 1 aromatic heterocycles. The largest absolute Gasteiger partial charge is 0.486 e. The number of benzene rings is 2. The lowest BCUT2D eigenvalue weighted by Crippen LogP contribution is -2.36. The van der Waals surface area contributed by atoms with Gasteiger partial charge in [0.1, 0.15) is 25.3 Å². The van der Waals surface area contributed by atoms with Gasteiger partial charge in [0.05, 0.1) is 12.7 Å². The van der Waals surface area contributed by atoms with Crippen LogP contribution in [0.3, 0.4) is 0 Å². The summed E-state index contributed by atoms with van der Waals surface area (Å²) in [5.74, 6) is 1.42. The molecule has 1 atom stereocenters. The van der Waals surface area contributed by atoms with Gasteiger partial charge in [-0.2, -0.15) is 5.10 Å². The third-order valence-corrected chi connectivity index (χ3v) is 4.33. The molecule has 0 spiro atoms. The van der Waals surface area contributed by atoms with Crippen LogP contribution in [0.5, 0.6) is 11.5 Å². The first-order valence-electron chi connectivity index (χ1n) is 8.92. The zero-order chi connectivity index (χ0) is 18.6. The molecule has 1 unspecified atom stereocenters. The van der Waals surface area contributed by atoms with Crippen LogP contribution in [0.4, 0.5) is 4.79 Å². The Hall–Kier alpha value is -3.22. The number of carbonyl (C=O) groups excluding carboxylic acids is 1. The highest BCUT2D eigenvalue weighted by molar-refractivity contribution is 5.87. The van der Waals surface area contributed by atoms with E-state index in [4.69, 9.17) is 14.2 Å². The number of carbonyl (C=O) groups is 1. The average molecular weight is 367 g/mol. The monoisotopic (exact) mass is 367 g/mol. The summed E-state index contributed by atoms with van der Waals surface area (Å²) in [7, 11) is 0. The summed E-state index contributed by atoms with van der Waals surface area (Å²) >= 11 is 0. The van der Waals surface area contributed by atoms with Crippen LogP contribution in [0.25, 0.3) is 10.9 Å². The van der Waals surface area contributed by atoms with Crippen molar-refractivity contribution < 1.29 is 19.0 Å². The Labute approximate surface area is 156 Å². The van der Waals surface area contributed by atoms with E-state index < -0.39 is 6.09 Å². The number of rotatable bonds is 5. The van der Waals surface area contributed by atoms with Gasteiger partial charge in [0, 0.05) is 11.4 Å². The van der Waals surface area contributed by atoms with Gasteiger partial charge in [0.25, 0.3) is 0 Å². The fourth-order valence-electron chi connectivity index (χ4n) is 3.09. The van der Waals surface area contributed by atoms with Gasteiger partial charge in [-0.05, 0) is 24.6 Å². The normalized spacial score (nSPS) is 14.0. The van der Waals surface area contributed by atoms with Gasteiger partial charge in [-0.25, -0.2) is 4.79 Å². The van der Waals surface area contributed by atoms with E-state index in [1.54, 1.807) is 6.20 Å². The second-order valence-electron chi connectivity index (χ2n) is 6.46. The quantitative estimate of drug-likeness (QED) is 0.750. The Morgan fingerprint density at radius 3 is 2.89 bits per heavy atom. The molecular formula is C20H21N3O4. The zero-order valence-corrected chi connectivity index (χ0v) is 15.1. The standard InChI is InChI=1S/C20H21N3O4/c1-14(22-20(24)27-13-15-5-3-2-4-6-15)12-23-18-16(11-21-23)7-8-17-19(18)26-10-9-25-17/h2-8,11,14H,9-10,12-13H2,1H3,(H,22,24). The summed E-state index contributed by atoms with van der Waals surface area (Å²) in [6, 6.07) is 13.3. The molecule has 0 aliphatic carbocycles. The number of nitrogens with zero attached hydrogens (tertiary/aromatic N) is 2. The van der Waals surface area contributed by atoms with E-state index in [-0.39, 0.29) is 12.6 Å². The maximum absolute atomic E-state index is 12.0. The van der Waals surface area contributed by atoms with Gasteiger partial charge in [0.15, 0.2) is 11.5 Å². The number of ether oxygens (including phenoxy) is 3. The molecule has 1 aliphatic rings. The number of aromatic nitrogens is 2. The predicted molar refractivity (Wildman–Crippen MR) is 99.9 cm³/mol. The van der Waals surface area contributed by atoms with Gasteiger partial charge >= 0.3 is 6.09 Å². The Kier molecular flexibility index (Phi) is 4.82. The van der Waals surface area contributed by atoms with Crippen molar-refractivity contribution in [2.24, 2.45) is 0 Å². The van der Waals surface area contributed by atoms with Crippen molar-refractivity contribution in [1.29, 1.82) is 0 Å².